The fourth-order valence-electron chi connectivity index (χ4n) is 1.04. The van der Waals surface area contributed by atoms with Crippen molar-refractivity contribution in [1.82, 2.24) is 4.98 Å². The Morgan fingerprint density at radius 2 is 2.29 bits per heavy atom. The van der Waals surface area contributed by atoms with E-state index in [1.165, 1.54) is 11.3 Å². The summed E-state index contributed by atoms with van der Waals surface area (Å²) in [6.07, 6.45) is 0.00209. The van der Waals surface area contributed by atoms with Crippen molar-refractivity contribution in [3.8, 4) is 0 Å². The Balaban J connectivity index is 2.76. The summed E-state index contributed by atoms with van der Waals surface area (Å²) in [5, 5.41) is 12.6. The van der Waals surface area contributed by atoms with E-state index in [9.17, 15) is 4.79 Å². The van der Waals surface area contributed by atoms with Crippen molar-refractivity contribution in [2.24, 2.45) is 0 Å². The Bertz CT molecular complexity index is 334. The van der Waals surface area contributed by atoms with Crippen molar-refractivity contribution in [1.29, 1.82) is 0 Å². The molecule has 0 saturated carbocycles. The van der Waals surface area contributed by atoms with Gasteiger partial charge >= 0.3 is 5.97 Å². The summed E-state index contributed by atoms with van der Waals surface area (Å²) in [5.41, 5.74) is 0.658. The molecule has 0 spiro atoms. The van der Waals surface area contributed by atoms with Crippen molar-refractivity contribution in [2.75, 3.05) is 5.32 Å². The minimum absolute atomic E-state index is 0.00209. The molecule has 0 bridgehead atoms. The lowest BCUT2D eigenvalue weighted by atomic mass is 10.3. The van der Waals surface area contributed by atoms with Crippen molar-refractivity contribution in [3.05, 3.63) is 10.6 Å². The second-order valence-electron chi connectivity index (χ2n) is 3.39. The van der Waals surface area contributed by atoms with Crippen molar-refractivity contribution in [3.63, 3.8) is 0 Å². The average Bonchev–Trinajstić information content (AvgIpc) is 2.28. The molecule has 0 aromatic carbocycles. The van der Waals surface area contributed by atoms with Gasteiger partial charge in [-0.05, 0) is 20.8 Å². The predicted octanol–water partition coefficient (Wildman–Crippen LogP) is 1.90. The highest BCUT2D eigenvalue weighted by Gasteiger charge is 2.10. The molecule has 0 amide bonds. The number of anilines is 1. The molecular formula is C9H14N2O2S. The standard InChI is InChI=1S/C9H14N2O2S/c1-5(2)10-9-11-7(4-8(12)13)6(3)14-9/h5H,4H2,1-3H3,(H,10,11)(H,12,13). The fraction of sp³-hybridized carbons (Fsp3) is 0.556. The summed E-state index contributed by atoms with van der Waals surface area (Å²) in [6, 6.07) is 0.318. The first kappa shape index (κ1) is 11.0. The highest BCUT2D eigenvalue weighted by Crippen LogP contribution is 2.22. The van der Waals surface area contributed by atoms with Gasteiger partial charge in [0, 0.05) is 10.9 Å². The number of nitrogens with zero attached hydrogens (tertiary/aromatic N) is 1. The average molecular weight is 214 g/mol. The first-order valence-corrected chi connectivity index (χ1v) is 5.25. The Hall–Kier alpha value is -1.10. The van der Waals surface area contributed by atoms with Crippen LogP contribution in [0.25, 0.3) is 0 Å². The predicted molar refractivity (Wildman–Crippen MR) is 56.9 cm³/mol. The van der Waals surface area contributed by atoms with Crippen molar-refractivity contribution < 1.29 is 9.90 Å². The van der Waals surface area contributed by atoms with Crippen LogP contribution in [-0.4, -0.2) is 22.1 Å². The zero-order valence-electron chi connectivity index (χ0n) is 8.50. The van der Waals surface area contributed by atoms with E-state index in [1.54, 1.807) is 0 Å². The maximum Gasteiger partial charge on any atom is 0.309 e. The number of thiazole rings is 1. The van der Waals surface area contributed by atoms with Gasteiger partial charge in [0.15, 0.2) is 5.13 Å². The highest BCUT2D eigenvalue weighted by atomic mass is 32.1. The molecule has 1 heterocycles. The normalized spacial score (nSPS) is 10.6. The van der Waals surface area contributed by atoms with Gasteiger partial charge in [-0.1, -0.05) is 0 Å². The van der Waals surface area contributed by atoms with Crippen molar-refractivity contribution >= 4 is 22.4 Å². The van der Waals surface area contributed by atoms with E-state index >= 15 is 0 Å². The van der Waals surface area contributed by atoms with Crippen LogP contribution in [-0.2, 0) is 11.2 Å². The molecule has 0 radical (unpaired) electrons. The second-order valence-corrected chi connectivity index (χ2v) is 4.59. The molecule has 1 aromatic rings. The molecule has 0 aliphatic heterocycles. The zero-order valence-corrected chi connectivity index (χ0v) is 9.31. The highest BCUT2D eigenvalue weighted by molar-refractivity contribution is 7.15. The maximum atomic E-state index is 10.5. The minimum atomic E-state index is -0.838. The molecule has 0 fully saturated rings. The van der Waals surface area contributed by atoms with Gasteiger partial charge in [0.05, 0.1) is 12.1 Å². The molecule has 0 atom stereocenters. The molecule has 0 saturated heterocycles. The number of carboxylic acids is 1. The Morgan fingerprint density at radius 1 is 1.64 bits per heavy atom. The molecule has 5 heteroatoms. The number of rotatable bonds is 4. The molecule has 2 N–H and O–H groups in total. The summed E-state index contributed by atoms with van der Waals surface area (Å²) in [6.45, 7) is 5.93. The van der Waals surface area contributed by atoms with E-state index in [4.69, 9.17) is 5.11 Å². The summed E-state index contributed by atoms with van der Waals surface area (Å²) < 4.78 is 0. The summed E-state index contributed by atoms with van der Waals surface area (Å²) in [7, 11) is 0. The second kappa shape index (κ2) is 4.41. The molecule has 0 aliphatic rings. The number of hydrogen-bond donors (Lipinski definition) is 2. The van der Waals surface area contributed by atoms with Crippen LogP contribution >= 0.6 is 11.3 Å². The van der Waals surface area contributed by atoms with E-state index < -0.39 is 5.97 Å². The van der Waals surface area contributed by atoms with Gasteiger partial charge in [0.25, 0.3) is 0 Å². The monoisotopic (exact) mass is 214 g/mol. The Morgan fingerprint density at radius 3 is 2.79 bits per heavy atom. The van der Waals surface area contributed by atoms with Gasteiger partial charge in [0.2, 0.25) is 0 Å². The topological polar surface area (TPSA) is 62.2 Å². The van der Waals surface area contributed by atoms with E-state index in [-0.39, 0.29) is 6.42 Å². The smallest absolute Gasteiger partial charge is 0.309 e. The van der Waals surface area contributed by atoms with Crippen LogP contribution in [0.5, 0.6) is 0 Å². The summed E-state index contributed by atoms with van der Waals surface area (Å²) >= 11 is 1.50. The van der Waals surface area contributed by atoms with Gasteiger partial charge in [-0.25, -0.2) is 4.98 Å². The third-order valence-corrected chi connectivity index (χ3v) is 2.57. The van der Waals surface area contributed by atoms with Crippen LogP contribution in [0.2, 0.25) is 0 Å². The molecule has 0 unspecified atom stereocenters. The number of carboxylic acid groups (broad SMARTS) is 1. The summed E-state index contributed by atoms with van der Waals surface area (Å²) in [5.74, 6) is -0.838. The maximum absolute atomic E-state index is 10.5. The van der Waals surface area contributed by atoms with Crippen LogP contribution in [0.1, 0.15) is 24.4 Å². The third kappa shape index (κ3) is 2.99. The number of hydrogen-bond acceptors (Lipinski definition) is 4. The lowest BCUT2D eigenvalue weighted by Gasteiger charge is -2.04. The van der Waals surface area contributed by atoms with E-state index in [0.29, 0.717) is 11.7 Å². The van der Waals surface area contributed by atoms with E-state index in [0.717, 1.165) is 10.0 Å². The van der Waals surface area contributed by atoms with Gasteiger partial charge in [-0.2, -0.15) is 0 Å². The van der Waals surface area contributed by atoms with Crippen LogP contribution in [0, 0.1) is 6.92 Å². The van der Waals surface area contributed by atoms with Gasteiger partial charge in [0.1, 0.15) is 0 Å². The van der Waals surface area contributed by atoms with Gasteiger partial charge < -0.3 is 10.4 Å². The lowest BCUT2D eigenvalue weighted by molar-refractivity contribution is -0.136. The lowest BCUT2D eigenvalue weighted by Crippen LogP contribution is -2.09. The molecule has 4 nitrogen and oxygen atoms in total. The largest absolute Gasteiger partial charge is 0.481 e. The van der Waals surface area contributed by atoms with Crippen LogP contribution in [0.3, 0.4) is 0 Å². The number of aromatic nitrogens is 1. The summed E-state index contributed by atoms with van der Waals surface area (Å²) in [4.78, 5) is 15.7. The SMILES string of the molecule is Cc1sc(NC(C)C)nc1CC(=O)O. The minimum Gasteiger partial charge on any atom is -0.481 e. The van der Waals surface area contributed by atoms with Crippen LogP contribution in [0.15, 0.2) is 0 Å². The van der Waals surface area contributed by atoms with Crippen molar-refractivity contribution in [2.45, 2.75) is 33.2 Å². The van der Waals surface area contributed by atoms with Crippen LogP contribution < -0.4 is 5.32 Å². The first-order valence-electron chi connectivity index (χ1n) is 4.43. The number of aliphatic carboxylic acids is 1. The Kier molecular flexibility index (Phi) is 3.46. The quantitative estimate of drug-likeness (QED) is 0.803. The molecule has 0 aliphatic carbocycles. The number of aryl methyl sites for hydroxylation is 1. The van der Waals surface area contributed by atoms with E-state index in [1.807, 2.05) is 20.8 Å². The molecule has 1 rings (SSSR count). The molecule has 14 heavy (non-hydrogen) atoms. The Labute approximate surface area is 87.0 Å². The van der Waals surface area contributed by atoms with E-state index in [2.05, 4.69) is 10.3 Å². The molecule has 78 valence electrons. The van der Waals surface area contributed by atoms with Gasteiger partial charge in [-0.3, -0.25) is 4.79 Å². The first-order chi connectivity index (χ1) is 6.49. The number of carbonyl (C=O) groups is 1. The number of nitrogens with one attached hydrogen (secondary N) is 1. The fourth-order valence-corrected chi connectivity index (χ4v) is 2.02. The third-order valence-electron chi connectivity index (χ3n) is 1.62. The molecular weight excluding hydrogens is 200 g/mol. The van der Waals surface area contributed by atoms with Gasteiger partial charge in [-0.15, -0.1) is 11.3 Å². The van der Waals surface area contributed by atoms with Crippen LogP contribution in [0.4, 0.5) is 5.13 Å². The molecule has 1 aromatic heterocycles. The zero-order chi connectivity index (χ0) is 10.7.